The van der Waals surface area contributed by atoms with Gasteiger partial charge in [-0.2, -0.15) is 0 Å². The highest BCUT2D eigenvalue weighted by molar-refractivity contribution is 6.01. The van der Waals surface area contributed by atoms with Crippen molar-refractivity contribution in [2.75, 3.05) is 0 Å². The van der Waals surface area contributed by atoms with Crippen LogP contribution in [0.4, 0.5) is 0 Å². The molecule has 132 valence electrons. The van der Waals surface area contributed by atoms with Crippen molar-refractivity contribution in [3.63, 3.8) is 0 Å². The molecule has 0 amide bonds. The summed E-state index contributed by atoms with van der Waals surface area (Å²) in [4.78, 5) is 13.9. The Bertz CT molecular complexity index is 1300. The second kappa shape index (κ2) is 5.76. The number of aromatic nitrogens is 3. The Kier molecular flexibility index (Phi) is 3.10. The number of hydrogen-bond acceptors (Lipinski definition) is 5. The van der Waals surface area contributed by atoms with Crippen LogP contribution in [0.15, 0.2) is 87.8 Å². The summed E-state index contributed by atoms with van der Waals surface area (Å²) < 4.78 is 11.9. The lowest BCUT2D eigenvalue weighted by molar-refractivity contribution is 0.618. The summed E-state index contributed by atoms with van der Waals surface area (Å²) in [5, 5.41) is 0.939. The Hall–Kier alpha value is -3.99. The molecule has 0 saturated carbocycles. The number of hydrogen-bond donors (Lipinski definition) is 0. The standard InChI is InChI=1S/C23H13N3O2/c1-3-9-19-17(7-1)25-22(27-19)15-11-12-16(21-14(15)6-5-13-24-21)23-26-18-8-2-4-10-20(18)28-23/h1-13H. The Labute approximate surface area is 159 Å². The van der Waals surface area contributed by atoms with Gasteiger partial charge in [0.15, 0.2) is 11.2 Å². The van der Waals surface area contributed by atoms with E-state index in [9.17, 15) is 0 Å². The van der Waals surface area contributed by atoms with Crippen LogP contribution in [0.5, 0.6) is 0 Å². The van der Waals surface area contributed by atoms with Gasteiger partial charge in [0.05, 0.1) is 11.1 Å². The molecule has 0 aliphatic heterocycles. The van der Waals surface area contributed by atoms with E-state index in [0.29, 0.717) is 11.8 Å². The molecule has 6 rings (SSSR count). The monoisotopic (exact) mass is 363 g/mol. The highest BCUT2D eigenvalue weighted by Gasteiger charge is 2.17. The minimum absolute atomic E-state index is 0.550. The van der Waals surface area contributed by atoms with E-state index < -0.39 is 0 Å². The Morgan fingerprint density at radius 1 is 0.571 bits per heavy atom. The predicted molar refractivity (Wildman–Crippen MR) is 108 cm³/mol. The van der Waals surface area contributed by atoms with Crippen LogP contribution in [0.2, 0.25) is 0 Å². The van der Waals surface area contributed by atoms with Gasteiger partial charge < -0.3 is 8.83 Å². The van der Waals surface area contributed by atoms with E-state index >= 15 is 0 Å². The second-order valence-electron chi connectivity index (χ2n) is 6.53. The third kappa shape index (κ3) is 2.23. The molecule has 5 nitrogen and oxygen atoms in total. The average molecular weight is 363 g/mol. The summed E-state index contributed by atoms with van der Waals surface area (Å²) in [5.41, 5.74) is 5.70. The predicted octanol–water partition coefficient (Wildman–Crippen LogP) is 5.85. The molecular formula is C23H13N3O2. The second-order valence-corrected chi connectivity index (χ2v) is 6.53. The van der Waals surface area contributed by atoms with Crippen LogP contribution in [-0.4, -0.2) is 15.0 Å². The number of para-hydroxylation sites is 4. The Morgan fingerprint density at radius 3 is 1.86 bits per heavy atom. The van der Waals surface area contributed by atoms with E-state index in [2.05, 4.69) is 15.0 Å². The lowest BCUT2D eigenvalue weighted by Crippen LogP contribution is -1.88. The minimum atomic E-state index is 0.550. The molecule has 3 heterocycles. The summed E-state index contributed by atoms with van der Waals surface area (Å²) in [7, 11) is 0. The van der Waals surface area contributed by atoms with Gasteiger partial charge in [0, 0.05) is 17.1 Å². The third-order valence-corrected chi connectivity index (χ3v) is 4.82. The van der Waals surface area contributed by atoms with Gasteiger partial charge in [0.2, 0.25) is 11.8 Å². The molecule has 0 fully saturated rings. The van der Waals surface area contributed by atoms with Crippen molar-refractivity contribution >= 4 is 33.1 Å². The van der Waals surface area contributed by atoms with E-state index in [-0.39, 0.29) is 0 Å². The van der Waals surface area contributed by atoms with Gasteiger partial charge in [-0.15, -0.1) is 0 Å². The molecule has 6 aromatic rings. The quantitative estimate of drug-likeness (QED) is 0.386. The van der Waals surface area contributed by atoms with Crippen molar-refractivity contribution in [1.82, 2.24) is 15.0 Å². The number of rotatable bonds is 2. The van der Waals surface area contributed by atoms with Crippen molar-refractivity contribution in [2.24, 2.45) is 0 Å². The molecule has 28 heavy (non-hydrogen) atoms. The van der Waals surface area contributed by atoms with Crippen LogP contribution < -0.4 is 0 Å². The molecule has 3 aromatic heterocycles. The van der Waals surface area contributed by atoms with Gasteiger partial charge in [-0.3, -0.25) is 4.98 Å². The fourth-order valence-electron chi connectivity index (χ4n) is 3.51. The minimum Gasteiger partial charge on any atom is -0.436 e. The number of pyridine rings is 1. The maximum atomic E-state index is 5.98. The fourth-order valence-corrected chi connectivity index (χ4v) is 3.51. The van der Waals surface area contributed by atoms with Gasteiger partial charge in [0.25, 0.3) is 0 Å². The molecule has 0 N–H and O–H groups in total. The van der Waals surface area contributed by atoms with Crippen LogP contribution in [0, 0.1) is 0 Å². The molecule has 0 spiro atoms. The SMILES string of the molecule is c1ccc2oc(-c3ccc(-c4nc5ccccc5o4)c4ncccc34)nc2c1. The number of fused-ring (bicyclic) bond motifs is 3. The van der Waals surface area contributed by atoms with Crippen molar-refractivity contribution in [3.8, 4) is 22.9 Å². The molecule has 0 unspecified atom stereocenters. The number of oxazole rings is 2. The molecule has 0 atom stereocenters. The van der Waals surface area contributed by atoms with E-state index in [1.165, 1.54) is 0 Å². The van der Waals surface area contributed by atoms with Crippen LogP contribution in [0.3, 0.4) is 0 Å². The lowest BCUT2D eigenvalue weighted by atomic mass is 10.0. The van der Waals surface area contributed by atoms with E-state index in [1.54, 1.807) is 6.20 Å². The summed E-state index contributed by atoms with van der Waals surface area (Å²) in [6.45, 7) is 0. The van der Waals surface area contributed by atoms with E-state index in [1.807, 2.05) is 72.8 Å². The largest absolute Gasteiger partial charge is 0.436 e. The molecule has 3 aromatic carbocycles. The van der Waals surface area contributed by atoms with Crippen LogP contribution >= 0.6 is 0 Å². The molecule has 0 radical (unpaired) electrons. The zero-order valence-corrected chi connectivity index (χ0v) is 14.7. The molecule has 0 saturated heterocycles. The van der Waals surface area contributed by atoms with Crippen LogP contribution in [-0.2, 0) is 0 Å². The van der Waals surface area contributed by atoms with E-state index in [0.717, 1.165) is 44.2 Å². The molecule has 0 aliphatic rings. The third-order valence-electron chi connectivity index (χ3n) is 4.82. The highest BCUT2D eigenvalue weighted by Crippen LogP contribution is 2.35. The molecule has 0 bridgehead atoms. The Balaban J connectivity index is 1.60. The smallest absolute Gasteiger partial charge is 0.229 e. The Morgan fingerprint density at radius 2 is 1.18 bits per heavy atom. The lowest BCUT2D eigenvalue weighted by Gasteiger charge is -2.06. The van der Waals surface area contributed by atoms with E-state index in [4.69, 9.17) is 8.83 Å². The van der Waals surface area contributed by atoms with Crippen LogP contribution in [0.25, 0.3) is 56.0 Å². The van der Waals surface area contributed by atoms with Crippen LogP contribution in [0.1, 0.15) is 0 Å². The van der Waals surface area contributed by atoms with Gasteiger partial charge in [-0.1, -0.05) is 30.3 Å². The summed E-state index contributed by atoms with van der Waals surface area (Å²) >= 11 is 0. The zero-order valence-electron chi connectivity index (χ0n) is 14.7. The fraction of sp³-hybridized carbons (Fsp3) is 0. The first-order valence-corrected chi connectivity index (χ1v) is 8.96. The van der Waals surface area contributed by atoms with Crippen molar-refractivity contribution in [1.29, 1.82) is 0 Å². The summed E-state index contributed by atoms with van der Waals surface area (Å²) in [6.07, 6.45) is 1.77. The van der Waals surface area contributed by atoms with Gasteiger partial charge in [0.1, 0.15) is 11.0 Å². The van der Waals surface area contributed by atoms with Crippen molar-refractivity contribution < 1.29 is 8.83 Å². The highest BCUT2D eigenvalue weighted by atomic mass is 16.4. The van der Waals surface area contributed by atoms with Crippen molar-refractivity contribution in [2.45, 2.75) is 0 Å². The summed E-state index contributed by atoms with van der Waals surface area (Å²) in [5.74, 6) is 1.12. The first-order chi connectivity index (χ1) is 13.9. The first kappa shape index (κ1) is 15.1. The maximum Gasteiger partial charge on any atom is 0.229 e. The molecule has 5 heteroatoms. The zero-order chi connectivity index (χ0) is 18.5. The molecule has 0 aliphatic carbocycles. The molecular weight excluding hydrogens is 350 g/mol. The normalized spacial score (nSPS) is 11.6. The summed E-state index contributed by atoms with van der Waals surface area (Å²) in [6, 6.07) is 23.3. The average Bonchev–Trinajstić information content (AvgIpc) is 3.37. The van der Waals surface area contributed by atoms with Gasteiger partial charge >= 0.3 is 0 Å². The first-order valence-electron chi connectivity index (χ1n) is 8.96. The van der Waals surface area contributed by atoms with Crippen molar-refractivity contribution in [3.05, 3.63) is 79.0 Å². The number of benzene rings is 3. The maximum absolute atomic E-state index is 5.98. The number of nitrogens with zero attached hydrogens (tertiary/aromatic N) is 3. The topological polar surface area (TPSA) is 65.0 Å². The van der Waals surface area contributed by atoms with Gasteiger partial charge in [-0.05, 0) is 42.5 Å². The van der Waals surface area contributed by atoms with Gasteiger partial charge in [-0.25, -0.2) is 9.97 Å².